The Kier molecular flexibility index (Phi) is 4.32. The molecule has 0 aromatic heterocycles. The van der Waals surface area contributed by atoms with Crippen LogP contribution >= 0.6 is 22.6 Å². The second-order valence-corrected chi connectivity index (χ2v) is 5.62. The summed E-state index contributed by atoms with van der Waals surface area (Å²) in [5, 5.41) is 2.84. The molecule has 0 saturated carbocycles. The Bertz CT molecular complexity index is 598. The molecule has 0 aliphatic carbocycles. The van der Waals surface area contributed by atoms with Crippen molar-refractivity contribution in [3.63, 3.8) is 0 Å². The normalized spacial score (nSPS) is 18.9. The lowest BCUT2D eigenvalue weighted by Gasteiger charge is -2.33. The zero-order valence-corrected chi connectivity index (χ0v) is 13.6. The maximum Gasteiger partial charge on any atom is 0.337 e. The minimum absolute atomic E-state index is 0.236. The van der Waals surface area contributed by atoms with Crippen molar-refractivity contribution in [1.29, 1.82) is 0 Å². The van der Waals surface area contributed by atoms with Crippen molar-refractivity contribution in [1.82, 2.24) is 10.2 Å². The number of nitrogens with zero attached hydrogens (tertiary/aromatic N) is 1. The highest BCUT2D eigenvalue weighted by molar-refractivity contribution is 14.1. The first-order chi connectivity index (χ1) is 9.47. The summed E-state index contributed by atoms with van der Waals surface area (Å²) >= 11 is 2.19. The Morgan fingerprint density at radius 1 is 1.40 bits per heavy atom. The Morgan fingerprint density at radius 3 is 2.65 bits per heavy atom. The molecule has 1 heterocycles. The van der Waals surface area contributed by atoms with E-state index in [0.717, 1.165) is 9.13 Å². The van der Waals surface area contributed by atoms with Crippen molar-refractivity contribution in [3.8, 4) is 0 Å². The number of amides is 2. The van der Waals surface area contributed by atoms with Gasteiger partial charge in [-0.15, -0.1) is 0 Å². The van der Waals surface area contributed by atoms with Crippen molar-refractivity contribution >= 4 is 34.6 Å². The molecule has 0 spiro atoms. The quantitative estimate of drug-likeness (QED) is 0.628. The molecule has 1 aliphatic rings. The molecular formula is C14H15IN2O3. The average molecular weight is 386 g/mol. The molecule has 1 aromatic carbocycles. The SMILES string of the molecule is COC(=O)C1=C(C)N(C)C(=O)N[C@H]1c1ccccc1I. The number of carbonyl (C=O) groups is 2. The molecule has 5 nitrogen and oxygen atoms in total. The fourth-order valence-corrected chi connectivity index (χ4v) is 2.85. The molecule has 1 aromatic rings. The van der Waals surface area contributed by atoms with E-state index in [0.29, 0.717) is 11.3 Å². The Hall–Kier alpha value is -1.57. The third-order valence-corrected chi connectivity index (χ3v) is 4.36. The number of hydrogen-bond acceptors (Lipinski definition) is 3. The van der Waals surface area contributed by atoms with Crippen LogP contribution in [0, 0.1) is 3.57 Å². The summed E-state index contributed by atoms with van der Waals surface area (Å²) in [4.78, 5) is 25.5. The van der Waals surface area contributed by atoms with Crippen molar-refractivity contribution in [2.24, 2.45) is 0 Å². The van der Waals surface area contributed by atoms with E-state index >= 15 is 0 Å². The van der Waals surface area contributed by atoms with Gasteiger partial charge in [-0.1, -0.05) is 18.2 Å². The van der Waals surface area contributed by atoms with Gasteiger partial charge < -0.3 is 15.0 Å². The number of halogens is 1. The Balaban J connectivity index is 2.58. The molecular weight excluding hydrogens is 371 g/mol. The van der Waals surface area contributed by atoms with Gasteiger partial charge in [0.1, 0.15) is 0 Å². The first kappa shape index (κ1) is 14.8. The van der Waals surface area contributed by atoms with Crippen molar-refractivity contribution in [2.45, 2.75) is 13.0 Å². The van der Waals surface area contributed by atoms with Gasteiger partial charge in [0.15, 0.2) is 0 Å². The second kappa shape index (κ2) is 5.82. The van der Waals surface area contributed by atoms with Gasteiger partial charge in [-0.2, -0.15) is 0 Å². The van der Waals surface area contributed by atoms with Crippen LogP contribution in [0.3, 0.4) is 0 Å². The van der Waals surface area contributed by atoms with Gasteiger partial charge in [0.05, 0.1) is 18.7 Å². The van der Waals surface area contributed by atoms with Crippen LogP contribution in [0.15, 0.2) is 35.5 Å². The molecule has 106 valence electrons. The molecule has 1 N–H and O–H groups in total. The summed E-state index contributed by atoms with van der Waals surface area (Å²) < 4.78 is 5.84. The van der Waals surface area contributed by atoms with E-state index in [1.807, 2.05) is 24.3 Å². The fraction of sp³-hybridized carbons (Fsp3) is 0.286. The molecule has 0 unspecified atom stereocenters. The maximum atomic E-state index is 12.1. The number of rotatable bonds is 2. The first-order valence-electron chi connectivity index (χ1n) is 6.05. The van der Waals surface area contributed by atoms with Crippen LogP contribution in [-0.4, -0.2) is 31.1 Å². The molecule has 2 amide bonds. The van der Waals surface area contributed by atoms with E-state index in [-0.39, 0.29) is 6.03 Å². The van der Waals surface area contributed by atoms with E-state index in [4.69, 9.17) is 4.74 Å². The summed E-state index contributed by atoms with van der Waals surface area (Å²) in [5.74, 6) is -0.431. The maximum absolute atomic E-state index is 12.1. The minimum atomic E-state index is -0.487. The van der Waals surface area contributed by atoms with E-state index in [1.54, 1.807) is 14.0 Å². The fourth-order valence-electron chi connectivity index (χ4n) is 2.15. The number of methoxy groups -OCH3 is 1. The van der Waals surface area contributed by atoms with Crippen LogP contribution in [0.1, 0.15) is 18.5 Å². The second-order valence-electron chi connectivity index (χ2n) is 4.45. The predicted molar refractivity (Wildman–Crippen MR) is 82.9 cm³/mol. The lowest BCUT2D eigenvalue weighted by molar-refractivity contribution is -0.136. The highest BCUT2D eigenvalue weighted by Gasteiger charge is 2.35. The van der Waals surface area contributed by atoms with E-state index < -0.39 is 12.0 Å². The largest absolute Gasteiger partial charge is 0.466 e. The van der Waals surface area contributed by atoms with Crippen LogP contribution in [0.4, 0.5) is 4.79 Å². The van der Waals surface area contributed by atoms with Crippen LogP contribution in [0.2, 0.25) is 0 Å². The van der Waals surface area contributed by atoms with Crippen LogP contribution < -0.4 is 5.32 Å². The Labute approximate surface area is 131 Å². The summed E-state index contributed by atoms with van der Waals surface area (Å²) in [6.07, 6.45) is 0. The summed E-state index contributed by atoms with van der Waals surface area (Å²) in [5.41, 5.74) is 1.94. The van der Waals surface area contributed by atoms with Gasteiger partial charge in [-0.25, -0.2) is 9.59 Å². The van der Waals surface area contributed by atoms with Crippen molar-refractivity contribution < 1.29 is 14.3 Å². The molecule has 0 saturated heterocycles. The van der Waals surface area contributed by atoms with Gasteiger partial charge in [0.2, 0.25) is 0 Å². The van der Waals surface area contributed by atoms with E-state index in [2.05, 4.69) is 27.9 Å². The lowest BCUT2D eigenvalue weighted by Crippen LogP contribution is -2.46. The van der Waals surface area contributed by atoms with E-state index in [9.17, 15) is 9.59 Å². The number of ether oxygens (including phenoxy) is 1. The number of carbonyl (C=O) groups excluding carboxylic acids is 2. The van der Waals surface area contributed by atoms with Crippen molar-refractivity contribution in [2.75, 3.05) is 14.2 Å². The third kappa shape index (κ3) is 2.52. The van der Waals surface area contributed by atoms with Crippen molar-refractivity contribution in [3.05, 3.63) is 44.7 Å². The predicted octanol–water partition coefficient (Wildman–Crippen LogP) is 2.43. The number of benzene rings is 1. The zero-order chi connectivity index (χ0) is 14.9. The molecule has 6 heteroatoms. The minimum Gasteiger partial charge on any atom is -0.466 e. The highest BCUT2D eigenvalue weighted by Crippen LogP contribution is 2.32. The Morgan fingerprint density at radius 2 is 2.05 bits per heavy atom. The van der Waals surface area contributed by atoms with Crippen LogP contribution in [0.25, 0.3) is 0 Å². The lowest BCUT2D eigenvalue weighted by atomic mass is 9.95. The molecule has 20 heavy (non-hydrogen) atoms. The number of nitrogens with one attached hydrogen (secondary N) is 1. The van der Waals surface area contributed by atoms with Gasteiger partial charge in [-0.3, -0.25) is 0 Å². The van der Waals surface area contributed by atoms with Gasteiger partial charge in [0.25, 0.3) is 0 Å². The standard InChI is InChI=1S/C14H15IN2O3/c1-8-11(13(18)20-3)12(16-14(19)17(8)2)9-6-4-5-7-10(9)15/h4-7,12H,1-3H3,(H,16,19)/t12-/m0/s1. The van der Waals surface area contributed by atoms with Gasteiger partial charge >= 0.3 is 12.0 Å². The van der Waals surface area contributed by atoms with E-state index in [1.165, 1.54) is 12.0 Å². The number of hydrogen-bond donors (Lipinski definition) is 1. The summed E-state index contributed by atoms with van der Waals surface area (Å²) in [6.45, 7) is 1.74. The first-order valence-corrected chi connectivity index (χ1v) is 7.13. The monoisotopic (exact) mass is 386 g/mol. The third-order valence-electron chi connectivity index (χ3n) is 3.38. The van der Waals surface area contributed by atoms with Crippen LogP contribution in [0.5, 0.6) is 0 Å². The smallest absolute Gasteiger partial charge is 0.337 e. The molecule has 1 atom stereocenters. The summed E-state index contributed by atoms with van der Waals surface area (Å²) in [6, 6.07) is 6.90. The molecule has 0 bridgehead atoms. The van der Waals surface area contributed by atoms with Gasteiger partial charge in [-0.05, 0) is 41.1 Å². The summed E-state index contributed by atoms with van der Waals surface area (Å²) in [7, 11) is 2.96. The van der Waals surface area contributed by atoms with Crippen LogP contribution in [-0.2, 0) is 9.53 Å². The number of esters is 1. The molecule has 0 radical (unpaired) electrons. The zero-order valence-electron chi connectivity index (χ0n) is 11.4. The molecule has 0 fully saturated rings. The average Bonchev–Trinajstić information content (AvgIpc) is 2.44. The number of allylic oxidation sites excluding steroid dienone is 1. The topological polar surface area (TPSA) is 58.6 Å². The number of urea groups is 1. The molecule has 2 rings (SSSR count). The highest BCUT2D eigenvalue weighted by atomic mass is 127. The van der Waals surface area contributed by atoms with Gasteiger partial charge in [0, 0.05) is 16.3 Å². The molecule has 1 aliphatic heterocycles.